The third kappa shape index (κ3) is 3.60. The molecule has 0 saturated carbocycles. The minimum Gasteiger partial charge on any atom is -0.339 e. The second kappa shape index (κ2) is 7.13. The lowest BCUT2D eigenvalue weighted by Crippen LogP contribution is -2.51. The van der Waals surface area contributed by atoms with E-state index in [1.807, 2.05) is 24.8 Å². The zero-order valence-corrected chi connectivity index (χ0v) is 14.7. The topological polar surface area (TPSA) is 73.0 Å². The number of carbonyl (C=O) groups excluding carboxylic acids is 3. The van der Waals surface area contributed by atoms with Crippen molar-refractivity contribution < 1.29 is 14.4 Å². The zero-order chi connectivity index (χ0) is 18.0. The van der Waals surface area contributed by atoms with Crippen LogP contribution in [-0.4, -0.2) is 66.9 Å². The van der Waals surface area contributed by atoms with Gasteiger partial charge >= 0.3 is 6.03 Å². The van der Waals surface area contributed by atoms with Gasteiger partial charge in [0.25, 0.3) is 5.91 Å². The molecular weight excluding hydrogens is 320 g/mol. The fraction of sp³-hybridized carbons (Fsp3) is 0.500. The molecule has 1 aromatic rings. The molecule has 2 aliphatic heterocycles. The SMILES string of the molecule is CC(C)C(=O)N1CCN(C(=O)c2cccc(N3CCNC3=O)c2)CC1. The van der Waals surface area contributed by atoms with E-state index in [1.54, 1.807) is 28.0 Å². The van der Waals surface area contributed by atoms with Gasteiger partial charge in [0.1, 0.15) is 0 Å². The molecule has 0 atom stereocenters. The zero-order valence-electron chi connectivity index (χ0n) is 14.7. The Morgan fingerprint density at radius 1 is 1.04 bits per heavy atom. The Labute approximate surface area is 147 Å². The van der Waals surface area contributed by atoms with Gasteiger partial charge in [-0.05, 0) is 18.2 Å². The van der Waals surface area contributed by atoms with Crippen molar-refractivity contribution in [3.63, 3.8) is 0 Å². The standard InChI is InChI=1S/C18H24N4O3/c1-13(2)16(23)20-8-10-21(11-9-20)17(24)14-4-3-5-15(12-14)22-7-6-19-18(22)25/h3-5,12-13H,6-11H2,1-2H3,(H,19,25). The summed E-state index contributed by atoms with van der Waals surface area (Å²) in [6, 6.07) is 7.03. The van der Waals surface area contributed by atoms with Gasteiger partial charge in [-0.1, -0.05) is 19.9 Å². The fourth-order valence-corrected chi connectivity index (χ4v) is 3.20. The molecule has 2 saturated heterocycles. The van der Waals surface area contributed by atoms with Crippen LogP contribution in [0.1, 0.15) is 24.2 Å². The molecule has 2 fully saturated rings. The lowest BCUT2D eigenvalue weighted by atomic mass is 10.1. The summed E-state index contributed by atoms with van der Waals surface area (Å²) in [7, 11) is 0. The number of anilines is 1. The number of benzene rings is 1. The summed E-state index contributed by atoms with van der Waals surface area (Å²) in [4.78, 5) is 41.8. The molecule has 1 N–H and O–H groups in total. The third-order valence-corrected chi connectivity index (χ3v) is 4.63. The summed E-state index contributed by atoms with van der Waals surface area (Å²) < 4.78 is 0. The van der Waals surface area contributed by atoms with E-state index >= 15 is 0 Å². The van der Waals surface area contributed by atoms with E-state index in [4.69, 9.17) is 0 Å². The number of amides is 4. The molecule has 4 amide bonds. The molecule has 2 aliphatic rings. The number of rotatable bonds is 3. The second-order valence-corrected chi connectivity index (χ2v) is 6.71. The van der Waals surface area contributed by atoms with Crippen molar-refractivity contribution in [3.05, 3.63) is 29.8 Å². The van der Waals surface area contributed by atoms with Crippen LogP contribution in [0.3, 0.4) is 0 Å². The average molecular weight is 344 g/mol. The van der Waals surface area contributed by atoms with Crippen molar-refractivity contribution in [2.45, 2.75) is 13.8 Å². The summed E-state index contributed by atoms with van der Waals surface area (Å²) in [5.41, 5.74) is 1.30. The van der Waals surface area contributed by atoms with Crippen LogP contribution < -0.4 is 10.2 Å². The average Bonchev–Trinajstić information content (AvgIpc) is 3.06. The predicted molar refractivity (Wildman–Crippen MR) is 94.5 cm³/mol. The molecule has 0 bridgehead atoms. The van der Waals surface area contributed by atoms with Crippen molar-refractivity contribution in [2.24, 2.45) is 5.92 Å². The van der Waals surface area contributed by atoms with E-state index in [-0.39, 0.29) is 23.8 Å². The van der Waals surface area contributed by atoms with Crippen LogP contribution in [0.25, 0.3) is 0 Å². The fourth-order valence-electron chi connectivity index (χ4n) is 3.20. The van der Waals surface area contributed by atoms with Gasteiger partial charge in [-0.25, -0.2) is 4.79 Å². The molecule has 0 aromatic heterocycles. The maximum Gasteiger partial charge on any atom is 0.321 e. The normalized spacial score (nSPS) is 17.9. The number of carbonyl (C=O) groups is 3. The number of hydrogen-bond acceptors (Lipinski definition) is 3. The van der Waals surface area contributed by atoms with E-state index in [2.05, 4.69) is 5.32 Å². The molecule has 25 heavy (non-hydrogen) atoms. The molecule has 7 nitrogen and oxygen atoms in total. The number of piperazine rings is 1. The Bertz CT molecular complexity index is 681. The van der Waals surface area contributed by atoms with Crippen LogP contribution in [0.15, 0.2) is 24.3 Å². The number of hydrogen-bond donors (Lipinski definition) is 1. The van der Waals surface area contributed by atoms with Crippen molar-refractivity contribution in [1.29, 1.82) is 0 Å². The Balaban J connectivity index is 1.66. The lowest BCUT2D eigenvalue weighted by molar-refractivity contribution is -0.135. The van der Waals surface area contributed by atoms with Gasteiger partial charge in [-0.15, -0.1) is 0 Å². The molecular formula is C18H24N4O3. The largest absolute Gasteiger partial charge is 0.339 e. The minimum atomic E-state index is -0.134. The van der Waals surface area contributed by atoms with Gasteiger partial charge in [-0.2, -0.15) is 0 Å². The molecule has 0 unspecified atom stereocenters. The second-order valence-electron chi connectivity index (χ2n) is 6.71. The van der Waals surface area contributed by atoms with Crippen molar-refractivity contribution in [1.82, 2.24) is 15.1 Å². The monoisotopic (exact) mass is 344 g/mol. The summed E-state index contributed by atoms with van der Waals surface area (Å²) in [6.07, 6.45) is 0. The van der Waals surface area contributed by atoms with Crippen LogP contribution in [0.5, 0.6) is 0 Å². The number of nitrogens with zero attached hydrogens (tertiary/aromatic N) is 3. The lowest BCUT2D eigenvalue weighted by Gasteiger charge is -2.35. The highest BCUT2D eigenvalue weighted by Gasteiger charge is 2.27. The van der Waals surface area contributed by atoms with Crippen LogP contribution in [0.4, 0.5) is 10.5 Å². The molecule has 0 spiro atoms. The van der Waals surface area contributed by atoms with Crippen molar-refractivity contribution in [2.75, 3.05) is 44.2 Å². The van der Waals surface area contributed by atoms with Gasteiger partial charge in [0.15, 0.2) is 0 Å². The molecule has 3 rings (SSSR count). The summed E-state index contributed by atoms with van der Waals surface area (Å²) in [6.45, 7) is 7.19. The van der Waals surface area contributed by atoms with Gasteiger partial charge in [0, 0.05) is 56.4 Å². The first-order valence-corrected chi connectivity index (χ1v) is 8.71. The van der Waals surface area contributed by atoms with E-state index in [1.165, 1.54) is 0 Å². The van der Waals surface area contributed by atoms with Crippen LogP contribution in [0.2, 0.25) is 0 Å². The smallest absolute Gasteiger partial charge is 0.321 e. The van der Waals surface area contributed by atoms with Crippen molar-refractivity contribution in [3.8, 4) is 0 Å². The Morgan fingerprint density at radius 3 is 2.32 bits per heavy atom. The summed E-state index contributed by atoms with van der Waals surface area (Å²) in [5, 5.41) is 2.76. The van der Waals surface area contributed by atoms with Gasteiger partial charge in [0.05, 0.1) is 0 Å². The van der Waals surface area contributed by atoms with Gasteiger partial charge < -0.3 is 15.1 Å². The summed E-state index contributed by atoms with van der Waals surface area (Å²) >= 11 is 0. The first-order chi connectivity index (χ1) is 12.0. The number of nitrogens with one attached hydrogen (secondary N) is 1. The predicted octanol–water partition coefficient (Wildman–Crippen LogP) is 1.16. The van der Waals surface area contributed by atoms with Gasteiger partial charge in [-0.3, -0.25) is 14.5 Å². The molecule has 0 radical (unpaired) electrons. The highest BCUT2D eigenvalue weighted by atomic mass is 16.2. The number of urea groups is 1. The molecule has 0 aliphatic carbocycles. The summed E-state index contributed by atoms with van der Waals surface area (Å²) in [5.74, 6) is 0.0535. The van der Waals surface area contributed by atoms with E-state index in [0.717, 1.165) is 5.69 Å². The van der Waals surface area contributed by atoms with Crippen molar-refractivity contribution >= 4 is 23.5 Å². The quantitative estimate of drug-likeness (QED) is 0.894. The molecule has 134 valence electrons. The maximum absolute atomic E-state index is 12.8. The van der Waals surface area contributed by atoms with Crippen LogP contribution in [-0.2, 0) is 4.79 Å². The third-order valence-electron chi connectivity index (χ3n) is 4.63. The van der Waals surface area contributed by atoms with E-state index in [0.29, 0.717) is 44.8 Å². The minimum absolute atomic E-state index is 0.0226. The highest BCUT2D eigenvalue weighted by molar-refractivity contribution is 5.98. The Morgan fingerprint density at radius 2 is 1.72 bits per heavy atom. The molecule has 7 heteroatoms. The highest BCUT2D eigenvalue weighted by Crippen LogP contribution is 2.20. The van der Waals surface area contributed by atoms with Crippen LogP contribution in [0, 0.1) is 5.92 Å². The Hall–Kier alpha value is -2.57. The molecule has 1 aromatic carbocycles. The van der Waals surface area contributed by atoms with E-state index in [9.17, 15) is 14.4 Å². The first kappa shape index (κ1) is 17.3. The van der Waals surface area contributed by atoms with Gasteiger partial charge in [0.2, 0.25) is 5.91 Å². The van der Waals surface area contributed by atoms with Crippen LogP contribution >= 0.6 is 0 Å². The first-order valence-electron chi connectivity index (χ1n) is 8.71. The molecule has 2 heterocycles. The maximum atomic E-state index is 12.8. The van der Waals surface area contributed by atoms with E-state index < -0.39 is 0 Å². The Kier molecular flexibility index (Phi) is 4.92.